The number of aliphatic carboxylic acids is 1. The second-order valence-corrected chi connectivity index (χ2v) is 7.41. The van der Waals surface area contributed by atoms with Crippen molar-refractivity contribution in [1.29, 1.82) is 0 Å². The number of ether oxygens (including phenoxy) is 1. The number of carbonyl (C=O) groups is 2. The number of hydrogen-bond donors (Lipinski definition) is 1. The fraction of sp³-hybridized carbons (Fsp3) is 0.391. The second-order valence-electron chi connectivity index (χ2n) is 7.41. The quantitative estimate of drug-likeness (QED) is 0.706. The summed E-state index contributed by atoms with van der Waals surface area (Å²) in [5.41, 5.74) is 1.81. The van der Waals surface area contributed by atoms with Gasteiger partial charge in [-0.2, -0.15) is 0 Å². The van der Waals surface area contributed by atoms with Gasteiger partial charge in [0.2, 0.25) is 5.91 Å². The molecule has 1 unspecified atom stereocenters. The number of para-hydroxylation sites is 1. The Morgan fingerprint density at radius 1 is 1.07 bits per heavy atom. The van der Waals surface area contributed by atoms with Gasteiger partial charge in [-0.25, -0.2) is 4.79 Å². The van der Waals surface area contributed by atoms with Gasteiger partial charge in [0.25, 0.3) is 0 Å². The average molecular weight is 396 g/mol. The molecule has 2 aromatic rings. The van der Waals surface area contributed by atoms with Crippen LogP contribution in [0, 0.1) is 0 Å². The highest BCUT2D eigenvalue weighted by Gasteiger charge is 2.26. The van der Waals surface area contributed by atoms with Crippen molar-refractivity contribution < 1.29 is 19.4 Å². The molecular weight excluding hydrogens is 368 g/mol. The maximum atomic E-state index is 13.1. The van der Waals surface area contributed by atoms with Crippen LogP contribution >= 0.6 is 0 Å². The van der Waals surface area contributed by atoms with E-state index in [1.807, 2.05) is 36.2 Å². The number of nitrogens with zero attached hydrogens (tertiary/aromatic N) is 2. The van der Waals surface area contributed by atoms with Crippen LogP contribution in [0.3, 0.4) is 0 Å². The van der Waals surface area contributed by atoms with E-state index >= 15 is 0 Å². The van der Waals surface area contributed by atoms with Gasteiger partial charge < -0.3 is 19.6 Å². The molecule has 1 aliphatic rings. The van der Waals surface area contributed by atoms with Crippen LogP contribution in [0.2, 0.25) is 0 Å². The highest BCUT2D eigenvalue weighted by molar-refractivity contribution is 5.80. The molecule has 1 fully saturated rings. The van der Waals surface area contributed by atoms with Gasteiger partial charge in [-0.15, -0.1) is 0 Å². The summed E-state index contributed by atoms with van der Waals surface area (Å²) in [6, 6.07) is 17.2. The molecule has 2 aromatic carbocycles. The molecular formula is C23H28N2O4. The molecule has 1 N–H and O–H groups in total. The summed E-state index contributed by atoms with van der Waals surface area (Å²) in [5.74, 6) is -0.630. The number of carboxylic acid groups (broad SMARTS) is 1. The largest absolute Gasteiger partial charge is 0.482 e. The highest BCUT2D eigenvalue weighted by atomic mass is 16.5. The fourth-order valence-electron chi connectivity index (χ4n) is 3.73. The van der Waals surface area contributed by atoms with E-state index in [-0.39, 0.29) is 18.4 Å². The Balaban J connectivity index is 1.74. The number of carbonyl (C=O) groups excluding carboxylic acids is 1. The molecule has 1 amide bonds. The monoisotopic (exact) mass is 396 g/mol. The van der Waals surface area contributed by atoms with Crippen molar-refractivity contribution in [2.24, 2.45) is 0 Å². The van der Waals surface area contributed by atoms with Gasteiger partial charge in [0.15, 0.2) is 6.61 Å². The van der Waals surface area contributed by atoms with Crippen LogP contribution in [0.4, 0.5) is 0 Å². The first-order valence-electron chi connectivity index (χ1n) is 10.00. The van der Waals surface area contributed by atoms with E-state index in [1.165, 1.54) is 12.8 Å². The number of benzene rings is 2. The van der Waals surface area contributed by atoms with E-state index < -0.39 is 12.6 Å². The lowest BCUT2D eigenvalue weighted by Gasteiger charge is -2.32. The Morgan fingerprint density at radius 2 is 1.72 bits per heavy atom. The molecule has 154 valence electrons. The fourth-order valence-corrected chi connectivity index (χ4v) is 3.73. The number of carboxylic acids is 1. The van der Waals surface area contributed by atoms with E-state index in [9.17, 15) is 9.59 Å². The lowest BCUT2D eigenvalue weighted by Crippen LogP contribution is -2.39. The molecule has 1 atom stereocenters. The Labute approximate surface area is 171 Å². The van der Waals surface area contributed by atoms with Crippen molar-refractivity contribution in [2.45, 2.75) is 25.3 Å². The van der Waals surface area contributed by atoms with E-state index in [4.69, 9.17) is 9.84 Å². The number of likely N-dealkylation sites (tertiary alicyclic amines) is 1. The molecule has 3 rings (SSSR count). The minimum atomic E-state index is -1.04. The summed E-state index contributed by atoms with van der Waals surface area (Å²) in [6.07, 6.45) is 2.57. The van der Waals surface area contributed by atoms with Crippen molar-refractivity contribution in [3.63, 3.8) is 0 Å². The van der Waals surface area contributed by atoms with Gasteiger partial charge in [0.1, 0.15) is 5.75 Å². The summed E-state index contributed by atoms with van der Waals surface area (Å²) in [7, 11) is 1.84. The normalized spacial score (nSPS) is 15.1. The van der Waals surface area contributed by atoms with Gasteiger partial charge in [0.05, 0.1) is 12.5 Å². The van der Waals surface area contributed by atoms with Gasteiger partial charge in [0, 0.05) is 19.2 Å². The van der Waals surface area contributed by atoms with E-state index in [0.29, 0.717) is 11.3 Å². The Morgan fingerprint density at radius 3 is 2.41 bits per heavy atom. The van der Waals surface area contributed by atoms with Crippen LogP contribution in [-0.2, 0) is 16.0 Å². The zero-order chi connectivity index (χ0) is 20.6. The summed E-state index contributed by atoms with van der Waals surface area (Å²) in [4.78, 5) is 28.2. The molecule has 0 spiro atoms. The Hall–Kier alpha value is -2.86. The lowest BCUT2D eigenvalue weighted by molar-refractivity contribution is -0.139. The highest BCUT2D eigenvalue weighted by Crippen LogP contribution is 2.25. The van der Waals surface area contributed by atoms with Gasteiger partial charge in [-0.3, -0.25) is 4.79 Å². The Bertz CT molecular complexity index is 819. The average Bonchev–Trinajstić information content (AvgIpc) is 3.24. The summed E-state index contributed by atoms with van der Waals surface area (Å²) >= 11 is 0. The smallest absolute Gasteiger partial charge is 0.341 e. The summed E-state index contributed by atoms with van der Waals surface area (Å²) in [5, 5.41) is 8.87. The molecule has 1 aliphatic heterocycles. The van der Waals surface area contributed by atoms with Crippen LogP contribution < -0.4 is 4.74 Å². The molecule has 0 bridgehead atoms. The zero-order valence-corrected chi connectivity index (χ0v) is 16.8. The van der Waals surface area contributed by atoms with Crippen molar-refractivity contribution >= 4 is 11.9 Å². The molecule has 1 saturated heterocycles. The maximum Gasteiger partial charge on any atom is 0.341 e. The van der Waals surface area contributed by atoms with Crippen molar-refractivity contribution in [2.75, 3.05) is 33.3 Å². The first kappa shape index (κ1) is 20.9. The molecule has 6 heteroatoms. The van der Waals surface area contributed by atoms with Gasteiger partial charge in [-0.1, -0.05) is 48.5 Å². The first-order valence-corrected chi connectivity index (χ1v) is 10.00. The predicted octanol–water partition coefficient (Wildman–Crippen LogP) is 2.99. The van der Waals surface area contributed by atoms with Crippen LogP contribution in [0.1, 0.15) is 30.0 Å². The zero-order valence-electron chi connectivity index (χ0n) is 16.8. The number of likely N-dealkylation sites (N-methyl/N-ethyl adjacent to an activating group) is 1. The SMILES string of the molecule is CN(C(=O)Cc1ccccc1OCC(=O)O)C(CN1CCCC1)c1ccccc1. The first-order chi connectivity index (χ1) is 14.0. The lowest BCUT2D eigenvalue weighted by atomic mass is 10.0. The standard InChI is InChI=1S/C23H28N2O4/c1-24(20(16-25-13-7-8-14-25)18-9-3-2-4-10-18)22(26)15-19-11-5-6-12-21(19)29-17-23(27)28/h2-6,9-12,20H,7-8,13-17H2,1H3,(H,27,28). The van der Waals surface area contributed by atoms with Crippen molar-refractivity contribution in [3.05, 3.63) is 65.7 Å². The topological polar surface area (TPSA) is 70.1 Å². The van der Waals surface area contributed by atoms with Crippen LogP contribution in [0.5, 0.6) is 5.75 Å². The summed E-state index contributed by atoms with van der Waals surface area (Å²) < 4.78 is 5.35. The molecule has 29 heavy (non-hydrogen) atoms. The van der Waals surface area contributed by atoms with E-state index in [1.54, 1.807) is 18.2 Å². The minimum absolute atomic E-state index is 0.0237. The number of rotatable bonds is 9. The van der Waals surface area contributed by atoms with Crippen LogP contribution in [0.25, 0.3) is 0 Å². The summed E-state index contributed by atoms with van der Waals surface area (Å²) in [6.45, 7) is 2.51. The molecule has 0 saturated carbocycles. The van der Waals surface area contributed by atoms with Crippen molar-refractivity contribution in [1.82, 2.24) is 9.80 Å². The molecule has 1 heterocycles. The van der Waals surface area contributed by atoms with Gasteiger partial charge >= 0.3 is 5.97 Å². The molecule has 0 aromatic heterocycles. The van der Waals surface area contributed by atoms with E-state index in [0.717, 1.165) is 25.2 Å². The third kappa shape index (κ3) is 5.81. The molecule has 6 nitrogen and oxygen atoms in total. The number of hydrogen-bond acceptors (Lipinski definition) is 4. The van der Waals surface area contributed by atoms with Gasteiger partial charge in [-0.05, 0) is 37.6 Å². The van der Waals surface area contributed by atoms with Crippen LogP contribution in [0.15, 0.2) is 54.6 Å². The van der Waals surface area contributed by atoms with E-state index in [2.05, 4.69) is 17.0 Å². The Kier molecular flexibility index (Phi) is 7.25. The number of amides is 1. The molecule has 0 radical (unpaired) electrons. The van der Waals surface area contributed by atoms with Crippen molar-refractivity contribution in [3.8, 4) is 5.75 Å². The minimum Gasteiger partial charge on any atom is -0.482 e. The maximum absolute atomic E-state index is 13.1. The predicted molar refractivity (Wildman–Crippen MR) is 111 cm³/mol. The third-order valence-electron chi connectivity index (χ3n) is 5.34. The van der Waals surface area contributed by atoms with Crippen LogP contribution in [-0.4, -0.2) is 60.1 Å². The third-order valence-corrected chi connectivity index (χ3v) is 5.34. The second kappa shape index (κ2) is 10.1. The molecule has 0 aliphatic carbocycles.